The van der Waals surface area contributed by atoms with Crippen LogP contribution in [0.25, 0.3) is 10.9 Å². The van der Waals surface area contributed by atoms with Gasteiger partial charge in [-0.2, -0.15) is 0 Å². The summed E-state index contributed by atoms with van der Waals surface area (Å²) in [7, 11) is 1.99. The Morgan fingerprint density at radius 3 is 2.55 bits per heavy atom. The normalized spacial score (nSPS) is 11.2. The van der Waals surface area contributed by atoms with Crippen molar-refractivity contribution in [2.75, 3.05) is 0 Å². The number of fused-ring (bicyclic) bond motifs is 1. The lowest BCUT2D eigenvalue weighted by Crippen LogP contribution is -1.97. The lowest BCUT2D eigenvalue weighted by atomic mass is 10.1. The molecule has 3 rings (SSSR count). The van der Waals surface area contributed by atoms with E-state index >= 15 is 0 Å². The third-order valence-electron chi connectivity index (χ3n) is 3.78. The Hall–Kier alpha value is -1.87. The quantitative estimate of drug-likeness (QED) is 0.639. The van der Waals surface area contributed by atoms with Crippen LogP contribution >= 0.6 is 11.3 Å². The van der Waals surface area contributed by atoms with Crippen LogP contribution in [0.2, 0.25) is 0 Å². The largest absolute Gasteiger partial charge is 0.350 e. The minimum Gasteiger partial charge on any atom is -0.350 e. The van der Waals surface area contributed by atoms with Gasteiger partial charge in [0.2, 0.25) is 5.78 Å². The molecule has 0 N–H and O–H groups in total. The summed E-state index contributed by atoms with van der Waals surface area (Å²) in [5, 5.41) is 1.03. The molecule has 0 aliphatic rings. The predicted octanol–water partition coefficient (Wildman–Crippen LogP) is 4.40. The number of nitrogens with zero attached hydrogens (tertiary/aromatic N) is 1. The minimum atomic E-state index is 0.126. The molecule has 0 saturated heterocycles. The van der Waals surface area contributed by atoms with E-state index in [1.165, 1.54) is 16.0 Å². The molecule has 0 bridgehead atoms. The molecule has 0 unspecified atom stereocenters. The highest BCUT2D eigenvalue weighted by molar-refractivity contribution is 7.14. The Morgan fingerprint density at radius 2 is 1.90 bits per heavy atom. The van der Waals surface area contributed by atoms with Crippen molar-refractivity contribution in [3.63, 3.8) is 0 Å². The van der Waals surface area contributed by atoms with Gasteiger partial charge in [-0.1, -0.05) is 12.1 Å². The molecular formula is C17H17NOS. The molecule has 0 radical (unpaired) electrons. The van der Waals surface area contributed by atoms with E-state index in [0.29, 0.717) is 0 Å². The summed E-state index contributed by atoms with van der Waals surface area (Å²) in [6.45, 7) is 6.18. The number of hydrogen-bond acceptors (Lipinski definition) is 2. The highest BCUT2D eigenvalue weighted by atomic mass is 32.1. The molecular weight excluding hydrogens is 266 g/mol. The van der Waals surface area contributed by atoms with Gasteiger partial charge in [0, 0.05) is 34.6 Å². The van der Waals surface area contributed by atoms with Crippen molar-refractivity contribution in [2.45, 2.75) is 20.8 Å². The first-order valence-electron chi connectivity index (χ1n) is 6.65. The zero-order valence-electron chi connectivity index (χ0n) is 12.2. The second-order valence-electron chi connectivity index (χ2n) is 5.35. The SMILES string of the molecule is Cc1ccc2c(C(=O)c3cc(C)c(C)s3)cn(C)c2c1. The smallest absolute Gasteiger partial charge is 0.205 e. The Bertz CT molecular complexity index is 803. The van der Waals surface area contributed by atoms with E-state index in [1.54, 1.807) is 11.3 Å². The van der Waals surface area contributed by atoms with Crippen LogP contribution in [0.3, 0.4) is 0 Å². The zero-order chi connectivity index (χ0) is 14.4. The number of thiophene rings is 1. The highest BCUT2D eigenvalue weighted by Gasteiger charge is 2.18. The molecule has 2 heterocycles. The molecule has 0 fully saturated rings. The minimum absolute atomic E-state index is 0.126. The van der Waals surface area contributed by atoms with E-state index in [1.807, 2.05) is 29.9 Å². The van der Waals surface area contributed by atoms with Gasteiger partial charge in [-0.25, -0.2) is 0 Å². The summed E-state index contributed by atoms with van der Waals surface area (Å²) in [4.78, 5) is 14.8. The van der Waals surface area contributed by atoms with Crippen LogP contribution in [0.5, 0.6) is 0 Å². The molecule has 2 nitrogen and oxygen atoms in total. The van der Waals surface area contributed by atoms with Gasteiger partial charge in [0.15, 0.2) is 0 Å². The first kappa shape index (κ1) is 13.1. The number of aryl methyl sites for hydroxylation is 4. The van der Waals surface area contributed by atoms with Crippen molar-refractivity contribution in [3.05, 3.63) is 56.9 Å². The van der Waals surface area contributed by atoms with Gasteiger partial charge in [0.05, 0.1) is 4.88 Å². The lowest BCUT2D eigenvalue weighted by Gasteiger charge is -1.98. The Kier molecular flexibility index (Phi) is 3.02. The molecule has 3 aromatic rings. The maximum atomic E-state index is 12.7. The van der Waals surface area contributed by atoms with Crippen molar-refractivity contribution in [1.82, 2.24) is 4.57 Å². The van der Waals surface area contributed by atoms with Crippen LogP contribution in [-0.4, -0.2) is 10.4 Å². The van der Waals surface area contributed by atoms with Crippen molar-refractivity contribution in [1.29, 1.82) is 0 Å². The van der Waals surface area contributed by atoms with Gasteiger partial charge in [-0.05, 0) is 44.0 Å². The van der Waals surface area contributed by atoms with Crippen molar-refractivity contribution in [3.8, 4) is 0 Å². The van der Waals surface area contributed by atoms with E-state index in [-0.39, 0.29) is 5.78 Å². The molecule has 2 aromatic heterocycles. The Balaban J connectivity index is 2.17. The average molecular weight is 283 g/mol. The summed E-state index contributed by atoms with van der Waals surface area (Å²) in [5.74, 6) is 0.126. The average Bonchev–Trinajstić information content (AvgIpc) is 2.91. The molecule has 0 amide bonds. The fraction of sp³-hybridized carbons (Fsp3) is 0.235. The van der Waals surface area contributed by atoms with Crippen LogP contribution in [0, 0.1) is 20.8 Å². The van der Waals surface area contributed by atoms with E-state index < -0.39 is 0 Å². The maximum Gasteiger partial charge on any atom is 0.205 e. The molecule has 0 saturated carbocycles. The molecule has 0 aliphatic heterocycles. The van der Waals surface area contributed by atoms with Crippen LogP contribution in [0.4, 0.5) is 0 Å². The van der Waals surface area contributed by atoms with Crippen LogP contribution in [0.1, 0.15) is 31.2 Å². The van der Waals surface area contributed by atoms with Gasteiger partial charge in [-0.15, -0.1) is 11.3 Å². The topological polar surface area (TPSA) is 22.0 Å². The third kappa shape index (κ3) is 1.98. The second kappa shape index (κ2) is 4.60. The summed E-state index contributed by atoms with van der Waals surface area (Å²) < 4.78 is 2.03. The first-order chi connectivity index (χ1) is 9.47. The Morgan fingerprint density at radius 1 is 1.15 bits per heavy atom. The second-order valence-corrected chi connectivity index (χ2v) is 6.61. The molecule has 3 heteroatoms. The molecule has 1 aromatic carbocycles. The monoisotopic (exact) mass is 283 g/mol. The summed E-state index contributed by atoms with van der Waals surface area (Å²) in [5.41, 5.74) is 4.30. The molecule has 0 spiro atoms. The summed E-state index contributed by atoms with van der Waals surface area (Å²) in [6.07, 6.45) is 1.94. The predicted molar refractivity (Wildman–Crippen MR) is 84.9 cm³/mol. The summed E-state index contributed by atoms with van der Waals surface area (Å²) in [6, 6.07) is 8.22. The number of hydrogen-bond donors (Lipinski definition) is 0. The van der Waals surface area contributed by atoms with Gasteiger partial charge in [0.1, 0.15) is 0 Å². The van der Waals surface area contributed by atoms with E-state index in [4.69, 9.17) is 0 Å². The van der Waals surface area contributed by atoms with Gasteiger partial charge >= 0.3 is 0 Å². The number of carbonyl (C=O) groups is 1. The van der Waals surface area contributed by atoms with Gasteiger partial charge in [0.25, 0.3) is 0 Å². The van der Waals surface area contributed by atoms with Crippen molar-refractivity contribution < 1.29 is 4.79 Å². The lowest BCUT2D eigenvalue weighted by molar-refractivity contribution is 0.104. The summed E-state index contributed by atoms with van der Waals surface area (Å²) >= 11 is 1.58. The third-order valence-corrected chi connectivity index (χ3v) is 4.93. The highest BCUT2D eigenvalue weighted by Crippen LogP contribution is 2.28. The van der Waals surface area contributed by atoms with Crippen LogP contribution < -0.4 is 0 Å². The molecule has 0 aliphatic carbocycles. The standard InChI is InChI=1S/C17H17NOS/c1-10-5-6-13-14(9-18(4)15(13)7-10)17(19)16-8-11(2)12(3)20-16/h5-9H,1-4H3. The van der Waals surface area contributed by atoms with E-state index in [9.17, 15) is 4.79 Å². The zero-order valence-corrected chi connectivity index (χ0v) is 13.0. The first-order valence-corrected chi connectivity index (χ1v) is 7.46. The fourth-order valence-electron chi connectivity index (χ4n) is 2.49. The number of carbonyl (C=O) groups excluding carboxylic acids is 1. The Labute approximate surface area is 122 Å². The number of rotatable bonds is 2. The van der Waals surface area contributed by atoms with Gasteiger partial charge < -0.3 is 4.57 Å². The number of ketones is 1. The molecule has 0 atom stereocenters. The van der Waals surface area contributed by atoms with E-state index in [0.717, 1.165) is 21.3 Å². The van der Waals surface area contributed by atoms with Crippen molar-refractivity contribution in [2.24, 2.45) is 7.05 Å². The van der Waals surface area contributed by atoms with E-state index in [2.05, 4.69) is 32.9 Å². The molecule has 20 heavy (non-hydrogen) atoms. The number of benzene rings is 1. The molecule has 102 valence electrons. The van der Waals surface area contributed by atoms with Crippen LogP contribution in [0.15, 0.2) is 30.5 Å². The number of aromatic nitrogens is 1. The van der Waals surface area contributed by atoms with Crippen LogP contribution in [-0.2, 0) is 7.05 Å². The van der Waals surface area contributed by atoms with Crippen molar-refractivity contribution >= 4 is 28.0 Å². The fourth-order valence-corrected chi connectivity index (χ4v) is 3.48. The maximum absolute atomic E-state index is 12.7. The van der Waals surface area contributed by atoms with Gasteiger partial charge in [-0.3, -0.25) is 4.79 Å².